The molecule has 5 heteroatoms. The largest absolute Gasteiger partial charge is 0.434 e. The molecule has 0 atom stereocenters. The molecule has 2 aromatic carbocycles. The summed E-state index contributed by atoms with van der Waals surface area (Å²) in [6.45, 7) is 1.79. The highest BCUT2D eigenvalue weighted by Gasteiger charge is 2.09. The number of hydrogen-bond acceptors (Lipinski definition) is 4. The second-order valence-electron chi connectivity index (χ2n) is 4.44. The Labute approximate surface area is 115 Å². The molecule has 1 aromatic heterocycles. The number of aromatic nitrogens is 2. The first kappa shape index (κ1) is 12.3. The number of anilines is 1. The zero-order valence-corrected chi connectivity index (χ0v) is 10.8. The number of nitrogens with zero attached hydrogens (tertiary/aromatic N) is 2. The zero-order valence-electron chi connectivity index (χ0n) is 10.8. The van der Waals surface area contributed by atoms with Gasteiger partial charge < -0.3 is 10.5 Å². The molecule has 0 aliphatic rings. The molecule has 0 fully saturated rings. The molecule has 0 radical (unpaired) electrons. The van der Waals surface area contributed by atoms with Crippen molar-refractivity contribution < 1.29 is 9.13 Å². The van der Waals surface area contributed by atoms with Gasteiger partial charge in [0.05, 0.1) is 17.2 Å². The Balaban J connectivity index is 1.99. The van der Waals surface area contributed by atoms with Gasteiger partial charge in [-0.25, -0.2) is 14.4 Å². The predicted molar refractivity (Wildman–Crippen MR) is 75.2 cm³/mol. The lowest BCUT2D eigenvalue weighted by molar-refractivity contribution is 0.427. The van der Waals surface area contributed by atoms with E-state index in [-0.39, 0.29) is 11.6 Å². The maximum Gasteiger partial charge on any atom is 0.238 e. The molecule has 3 aromatic rings. The van der Waals surface area contributed by atoms with E-state index in [4.69, 9.17) is 10.5 Å². The number of aryl methyl sites for hydroxylation is 1. The van der Waals surface area contributed by atoms with Gasteiger partial charge in [0.2, 0.25) is 5.88 Å². The topological polar surface area (TPSA) is 61.0 Å². The highest BCUT2D eigenvalue weighted by molar-refractivity contribution is 5.74. The van der Waals surface area contributed by atoms with Crippen molar-refractivity contribution in [3.63, 3.8) is 0 Å². The molecule has 0 saturated carbocycles. The fraction of sp³-hybridized carbons (Fsp3) is 0.0667. The molecule has 0 aliphatic heterocycles. The van der Waals surface area contributed by atoms with E-state index in [2.05, 4.69) is 9.97 Å². The van der Waals surface area contributed by atoms with Crippen LogP contribution >= 0.6 is 0 Å². The average Bonchev–Trinajstić information content (AvgIpc) is 2.44. The molecule has 0 unspecified atom stereocenters. The fourth-order valence-electron chi connectivity index (χ4n) is 1.85. The summed E-state index contributed by atoms with van der Waals surface area (Å²) in [5, 5.41) is 0. The number of rotatable bonds is 2. The molecule has 0 spiro atoms. The highest BCUT2D eigenvalue weighted by atomic mass is 19.1. The average molecular weight is 269 g/mol. The number of para-hydroxylation sites is 2. The number of nitrogens with two attached hydrogens (primary N) is 1. The first-order valence-electron chi connectivity index (χ1n) is 6.09. The molecule has 3 rings (SSSR count). The van der Waals surface area contributed by atoms with Crippen molar-refractivity contribution in [2.75, 3.05) is 5.73 Å². The Morgan fingerprint density at radius 1 is 1.15 bits per heavy atom. The molecule has 0 bridgehead atoms. The van der Waals surface area contributed by atoms with Gasteiger partial charge in [0.15, 0.2) is 11.6 Å². The van der Waals surface area contributed by atoms with Crippen molar-refractivity contribution in [1.29, 1.82) is 0 Å². The van der Waals surface area contributed by atoms with E-state index in [0.717, 1.165) is 11.1 Å². The molecule has 0 amide bonds. The molecule has 1 heterocycles. The van der Waals surface area contributed by atoms with Crippen LogP contribution in [0.1, 0.15) is 5.56 Å². The molecular weight excluding hydrogens is 257 g/mol. The van der Waals surface area contributed by atoms with Gasteiger partial charge in [0, 0.05) is 11.8 Å². The van der Waals surface area contributed by atoms with Crippen molar-refractivity contribution in [1.82, 2.24) is 9.97 Å². The minimum Gasteiger partial charge on any atom is -0.434 e. The van der Waals surface area contributed by atoms with Gasteiger partial charge in [0.1, 0.15) is 0 Å². The summed E-state index contributed by atoms with van der Waals surface area (Å²) >= 11 is 0. The summed E-state index contributed by atoms with van der Waals surface area (Å²) in [6.07, 6.45) is 1.47. The molecule has 0 saturated heterocycles. The summed E-state index contributed by atoms with van der Waals surface area (Å²) in [6, 6.07) is 10.2. The fourth-order valence-corrected chi connectivity index (χ4v) is 1.85. The van der Waals surface area contributed by atoms with E-state index in [0.29, 0.717) is 11.2 Å². The summed E-state index contributed by atoms with van der Waals surface area (Å²) in [4.78, 5) is 8.49. The third-order valence-electron chi connectivity index (χ3n) is 2.96. The minimum atomic E-state index is -0.525. The quantitative estimate of drug-likeness (QED) is 0.724. The summed E-state index contributed by atoms with van der Waals surface area (Å²) < 4.78 is 19.2. The van der Waals surface area contributed by atoms with Crippen LogP contribution in [0.3, 0.4) is 0 Å². The van der Waals surface area contributed by atoms with Crippen molar-refractivity contribution in [3.05, 3.63) is 54.0 Å². The van der Waals surface area contributed by atoms with E-state index in [1.807, 2.05) is 24.3 Å². The Bertz CT molecular complexity index is 789. The monoisotopic (exact) mass is 269 g/mol. The predicted octanol–water partition coefficient (Wildman–Crippen LogP) is 3.45. The van der Waals surface area contributed by atoms with Gasteiger partial charge in [-0.2, -0.15) is 0 Å². The maximum atomic E-state index is 13.8. The second kappa shape index (κ2) is 4.77. The number of benzene rings is 2. The molecule has 4 nitrogen and oxygen atoms in total. The molecule has 0 aliphatic carbocycles. The van der Waals surface area contributed by atoms with Crippen LogP contribution in [0, 0.1) is 12.7 Å². The number of ether oxygens (including phenoxy) is 1. The van der Waals surface area contributed by atoms with Gasteiger partial charge >= 0.3 is 0 Å². The van der Waals surface area contributed by atoms with Crippen LogP contribution in [0.2, 0.25) is 0 Å². The Morgan fingerprint density at radius 3 is 2.70 bits per heavy atom. The lowest BCUT2D eigenvalue weighted by atomic mass is 10.2. The highest BCUT2D eigenvalue weighted by Crippen LogP contribution is 2.27. The van der Waals surface area contributed by atoms with Gasteiger partial charge in [-0.05, 0) is 30.7 Å². The van der Waals surface area contributed by atoms with Crippen molar-refractivity contribution in [2.24, 2.45) is 0 Å². The summed E-state index contributed by atoms with van der Waals surface area (Å²) in [5.41, 5.74) is 8.22. The van der Waals surface area contributed by atoms with Crippen molar-refractivity contribution >= 4 is 16.7 Å². The second-order valence-corrected chi connectivity index (χ2v) is 4.44. The van der Waals surface area contributed by atoms with Crippen LogP contribution in [-0.4, -0.2) is 9.97 Å². The zero-order chi connectivity index (χ0) is 14.1. The summed E-state index contributed by atoms with van der Waals surface area (Å²) in [7, 11) is 0. The van der Waals surface area contributed by atoms with Gasteiger partial charge in [0.25, 0.3) is 0 Å². The van der Waals surface area contributed by atoms with E-state index < -0.39 is 5.82 Å². The normalized spacial score (nSPS) is 10.7. The molecule has 100 valence electrons. The van der Waals surface area contributed by atoms with Crippen LogP contribution in [0.4, 0.5) is 10.1 Å². The number of halogens is 1. The third-order valence-corrected chi connectivity index (χ3v) is 2.96. The lowest BCUT2D eigenvalue weighted by Gasteiger charge is -2.08. The van der Waals surface area contributed by atoms with Crippen LogP contribution < -0.4 is 10.5 Å². The van der Waals surface area contributed by atoms with Crippen LogP contribution in [0.15, 0.2) is 42.6 Å². The van der Waals surface area contributed by atoms with E-state index in [1.54, 1.807) is 13.0 Å². The Morgan fingerprint density at radius 2 is 1.90 bits per heavy atom. The SMILES string of the molecule is Cc1cc(Oc2cnc3ccccc3n2)c(F)cc1N. The van der Waals surface area contributed by atoms with Crippen molar-refractivity contribution in [3.8, 4) is 11.6 Å². The molecule has 2 N–H and O–H groups in total. The number of fused-ring (bicyclic) bond motifs is 1. The minimum absolute atomic E-state index is 0.0845. The molecule has 20 heavy (non-hydrogen) atoms. The van der Waals surface area contributed by atoms with Crippen LogP contribution in [0.5, 0.6) is 11.6 Å². The third kappa shape index (κ3) is 2.25. The van der Waals surface area contributed by atoms with Crippen LogP contribution in [-0.2, 0) is 0 Å². The van der Waals surface area contributed by atoms with Gasteiger partial charge in [-0.3, -0.25) is 0 Å². The Kier molecular flexibility index (Phi) is 2.95. The first-order valence-corrected chi connectivity index (χ1v) is 6.09. The van der Waals surface area contributed by atoms with Gasteiger partial charge in [-0.1, -0.05) is 12.1 Å². The maximum absolute atomic E-state index is 13.8. The number of nitrogen functional groups attached to an aromatic ring is 1. The first-order chi connectivity index (χ1) is 9.63. The Hall–Kier alpha value is -2.69. The summed E-state index contributed by atoms with van der Waals surface area (Å²) in [5.74, 6) is -0.198. The van der Waals surface area contributed by atoms with E-state index in [9.17, 15) is 4.39 Å². The van der Waals surface area contributed by atoms with Crippen molar-refractivity contribution in [2.45, 2.75) is 6.92 Å². The molecular formula is C15H12FN3O. The van der Waals surface area contributed by atoms with E-state index in [1.165, 1.54) is 12.3 Å². The van der Waals surface area contributed by atoms with Crippen LogP contribution in [0.25, 0.3) is 11.0 Å². The standard InChI is InChI=1S/C15H12FN3O/c1-9-6-14(10(16)7-11(9)17)20-15-8-18-12-4-2-3-5-13(12)19-15/h2-8H,17H2,1H3. The smallest absolute Gasteiger partial charge is 0.238 e. The van der Waals surface area contributed by atoms with E-state index >= 15 is 0 Å². The lowest BCUT2D eigenvalue weighted by Crippen LogP contribution is -1.96. The van der Waals surface area contributed by atoms with Gasteiger partial charge in [-0.15, -0.1) is 0 Å². The number of hydrogen-bond donors (Lipinski definition) is 1.